The fourth-order valence-corrected chi connectivity index (χ4v) is 5.85. The average molecular weight is 536 g/mol. The SMILES string of the molecule is CS(=O)(=O)N1CCCCC1CNC(=O)c1ccc(-c2ccccc2C#N)nc1NCCc1cccc(F)c1. The van der Waals surface area contributed by atoms with Crippen LogP contribution in [0, 0.1) is 17.1 Å². The molecule has 0 bridgehead atoms. The van der Waals surface area contributed by atoms with Crippen LogP contribution in [0.15, 0.2) is 60.7 Å². The molecular formula is C28H30FN5O3S. The van der Waals surface area contributed by atoms with Gasteiger partial charge in [0.25, 0.3) is 5.91 Å². The number of sulfonamides is 1. The minimum Gasteiger partial charge on any atom is -0.369 e. The molecular weight excluding hydrogens is 505 g/mol. The van der Waals surface area contributed by atoms with Crippen molar-refractivity contribution in [3.63, 3.8) is 0 Å². The lowest BCUT2D eigenvalue weighted by Gasteiger charge is -2.33. The van der Waals surface area contributed by atoms with Gasteiger partial charge in [-0.05, 0) is 55.2 Å². The topological polar surface area (TPSA) is 115 Å². The Labute approximate surface area is 222 Å². The minimum atomic E-state index is -3.38. The van der Waals surface area contributed by atoms with E-state index in [1.54, 1.807) is 36.4 Å². The molecule has 8 nitrogen and oxygen atoms in total. The van der Waals surface area contributed by atoms with Crippen molar-refractivity contribution in [3.8, 4) is 17.3 Å². The number of pyridine rings is 1. The molecule has 2 heterocycles. The molecule has 1 fully saturated rings. The first kappa shape index (κ1) is 27.2. The van der Waals surface area contributed by atoms with Crippen LogP contribution in [0.3, 0.4) is 0 Å². The quantitative estimate of drug-likeness (QED) is 0.429. The Morgan fingerprint density at radius 2 is 1.97 bits per heavy atom. The molecule has 4 rings (SSSR count). The normalized spacial score (nSPS) is 16.0. The Morgan fingerprint density at radius 3 is 2.74 bits per heavy atom. The van der Waals surface area contributed by atoms with E-state index in [9.17, 15) is 22.9 Å². The van der Waals surface area contributed by atoms with Gasteiger partial charge in [0.05, 0.1) is 29.1 Å². The molecule has 0 aliphatic carbocycles. The van der Waals surface area contributed by atoms with Crippen molar-refractivity contribution in [1.29, 1.82) is 5.26 Å². The highest BCUT2D eigenvalue weighted by Gasteiger charge is 2.29. The molecule has 1 unspecified atom stereocenters. The van der Waals surface area contributed by atoms with Crippen LogP contribution in [0.1, 0.15) is 40.7 Å². The second-order valence-electron chi connectivity index (χ2n) is 9.29. The Hall–Kier alpha value is -3.81. The van der Waals surface area contributed by atoms with Crippen LogP contribution in [-0.2, 0) is 16.4 Å². The van der Waals surface area contributed by atoms with Gasteiger partial charge in [0.15, 0.2) is 0 Å². The van der Waals surface area contributed by atoms with Gasteiger partial charge in [0.1, 0.15) is 11.6 Å². The molecule has 2 N–H and O–H groups in total. The summed E-state index contributed by atoms with van der Waals surface area (Å²) < 4.78 is 39.4. The van der Waals surface area contributed by atoms with Gasteiger partial charge < -0.3 is 10.6 Å². The van der Waals surface area contributed by atoms with Gasteiger partial charge in [-0.15, -0.1) is 0 Å². The molecule has 0 radical (unpaired) electrons. The van der Waals surface area contributed by atoms with E-state index in [0.717, 1.165) is 18.4 Å². The fraction of sp³-hybridized carbons (Fsp3) is 0.321. The van der Waals surface area contributed by atoms with Gasteiger partial charge in [-0.1, -0.05) is 36.8 Å². The molecule has 1 aromatic heterocycles. The Morgan fingerprint density at radius 1 is 1.16 bits per heavy atom. The van der Waals surface area contributed by atoms with E-state index < -0.39 is 10.0 Å². The zero-order chi connectivity index (χ0) is 27.1. The van der Waals surface area contributed by atoms with Crippen molar-refractivity contribution >= 4 is 21.7 Å². The molecule has 0 spiro atoms. The summed E-state index contributed by atoms with van der Waals surface area (Å²) in [7, 11) is -3.38. The third kappa shape index (κ3) is 6.73. The van der Waals surface area contributed by atoms with Crippen LogP contribution >= 0.6 is 0 Å². The molecule has 1 atom stereocenters. The number of benzene rings is 2. The first-order valence-corrected chi connectivity index (χ1v) is 14.3. The van der Waals surface area contributed by atoms with E-state index in [2.05, 4.69) is 21.7 Å². The molecule has 3 aromatic rings. The summed E-state index contributed by atoms with van der Waals surface area (Å²) in [5.41, 5.74) is 2.72. The molecule has 10 heteroatoms. The van der Waals surface area contributed by atoms with Crippen LogP contribution in [0.25, 0.3) is 11.3 Å². The van der Waals surface area contributed by atoms with Gasteiger partial charge >= 0.3 is 0 Å². The third-order valence-corrected chi connectivity index (χ3v) is 7.89. The minimum absolute atomic E-state index is 0.188. The standard InChI is InChI=1S/C28H30FN5O3S/c1-38(36,37)34-16-5-4-10-23(34)19-32-28(35)25-12-13-26(24-11-3-2-8-21(24)18-30)33-27(25)31-15-14-20-7-6-9-22(29)17-20/h2-3,6-9,11-13,17,23H,4-5,10,14-16,19H2,1H3,(H,31,33)(H,32,35). The number of carbonyl (C=O) groups excluding carboxylic acids is 1. The highest BCUT2D eigenvalue weighted by atomic mass is 32.2. The highest BCUT2D eigenvalue weighted by Crippen LogP contribution is 2.25. The second-order valence-corrected chi connectivity index (χ2v) is 11.2. The predicted molar refractivity (Wildman–Crippen MR) is 145 cm³/mol. The van der Waals surface area contributed by atoms with Crippen LogP contribution in [0.2, 0.25) is 0 Å². The number of nitrogens with zero attached hydrogens (tertiary/aromatic N) is 3. The van der Waals surface area contributed by atoms with Crippen molar-refractivity contribution in [3.05, 3.63) is 83.2 Å². The van der Waals surface area contributed by atoms with Crippen LogP contribution in [0.4, 0.5) is 10.2 Å². The third-order valence-electron chi connectivity index (χ3n) is 6.56. The predicted octanol–water partition coefficient (Wildman–Crippen LogP) is 3.96. The molecule has 0 saturated carbocycles. The Kier molecular flexibility index (Phi) is 8.71. The lowest BCUT2D eigenvalue weighted by atomic mass is 10.0. The summed E-state index contributed by atoms with van der Waals surface area (Å²) in [6.07, 6.45) is 4.06. The number of halogens is 1. The largest absolute Gasteiger partial charge is 0.369 e. The lowest BCUT2D eigenvalue weighted by Crippen LogP contribution is -2.49. The molecule has 1 aliphatic heterocycles. The maximum Gasteiger partial charge on any atom is 0.255 e. The van der Waals surface area contributed by atoms with Crippen molar-refractivity contribution in [1.82, 2.24) is 14.6 Å². The van der Waals surface area contributed by atoms with Gasteiger partial charge in [-0.25, -0.2) is 17.8 Å². The van der Waals surface area contributed by atoms with E-state index in [0.29, 0.717) is 54.1 Å². The van der Waals surface area contributed by atoms with Crippen molar-refractivity contribution < 1.29 is 17.6 Å². The number of hydrogen-bond acceptors (Lipinski definition) is 6. The molecule has 2 aromatic carbocycles. The lowest BCUT2D eigenvalue weighted by molar-refractivity contribution is 0.0940. The first-order chi connectivity index (χ1) is 18.3. The van der Waals surface area contributed by atoms with Crippen molar-refractivity contribution in [2.45, 2.75) is 31.7 Å². The maximum absolute atomic E-state index is 13.6. The van der Waals surface area contributed by atoms with Crippen molar-refractivity contribution in [2.24, 2.45) is 0 Å². The molecule has 1 amide bonds. The number of hydrogen-bond donors (Lipinski definition) is 2. The van der Waals surface area contributed by atoms with Gasteiger partial charge in [0.2, 0.25) is 10.0 Å². The zero-order valence-corrected chi connectivity index (χ0v) is 22.0. The number of piperidine rings is 1. The van der Waals surface area contributed by atoms with Crippen LogP contribution in [0.5, 0.6) is 0 Å². The number of aromatic nitrogens is 1. The molecule has 198 valence electrons. The fourth-order valence-electron chi connectivity index (χ4n) is 4.67. The number of amides is 1. The number of nitrogens with one attached hydrogen (secondary N) is 2. The van der Waals surface area contributed by atoms with Gasteiger partial charge in [0, 0.05) is 31.2 Å². The molecule has 38 heavy (non-hydrogen) atoms. The number of rotatable bonds is 9. The molecule has 1 saturated heterocycles. The van der Waals surface area contributed by atoms with E-state index in [1.165, 1.54) is 22.7 Å². The summed E-state index contributed by atoms with van der Waals surface area (Å²) in [5.74, 6) is -0.376. The van der Waals surface area contributed by atoms with Crippen molar-refractivity contribution in [2.75, 3.05) is 31.2 Å². The summed E-state index contributed by atoms with van der Waals surface area (Å²) in [4.78, 5) is 17.9. The van der Waals surface area contributed by atoms with Crippen LogP contribution in [-0.4, -0.2) is 55.5 Å². The maximum atomic E-state index is 13.6. The first-order valence-electron chi connectivity index (χ1n) is 12.5. The van der Waals surface area contributed by atoms with E-state index in [-0.39, 0.29) is 24.3 Å². The second kappa shape index (κ2) is 12.2. The van der Waals surface area contributed by atoms with Gasteiger partial charge in [-0.3, -0.25) is 4.79 Å². The number of nitriles is 1. The average Bonchev–Trinajstić information content (AvgIpc) is 2.91. The van der Waals surface area contributed by atoms with E-state index in [1.807, 2.05) is 12.1 Å². The smallest absolute Gasteiger partial charge is 0.255 e. The van der Waals surface area contributed by atoms with E-state index >= 15 is 0 Å². The van der Waals surface area contributed by atoms with E-state index in [4.69, 9.17) is 0 Å². The summed E-state index contributed by atoms with van der Waals surface area (Å²) >= 11 is 0. The zero-order valence-electron chi connectivity index (χ0n) is 21.2. The van der Waals surface area contributed by atoms with Crippen LogP contribution < -0.4 is 10.6 Å². The Balaban J connectivity index is 1.56. The van der Waals surface area contributed by atoms with Gasteiger partial charge in [-0.2, -0.15) is 9.57 Å². The summed E-state index contributed by atoms with van der Waals surface area (Å²) in [6.45, 7) is 1.03. The number of anilines is 1. The Bertz CT molecular complexity index is 1450. The molecule has 1 aliphatic rings. The highest BCUT2D eigenvalue weighted by molar-refractivity contribution is 7.88. The summed E-state index contributed by atoms with van der Waals surface area (Å²) in [5, 5.41) is 15.6. The number of carbonyl (C=O) groups is 1. The summed E-state index contributed by atoms with van der Waals surface area (Å²) in [6, 6.07) is 18.6. The monoisotopic (exact) mass is 535 g/mol.